The van der Waals surface area contributed by atoms with Gasteiger partial charge in [-0.15, -0.1) is 0 Å². The summed E-state index contributed by atoms with van der Waals surface area (Å²) in [6.45, 7) is 4.40. The van der Waals surface area contributed by atoms with Crippen molar-refractivity contribution in [3.63, 3.8) is 0 Å². The van der Waals surface area contributed by atoms with Gasteiger partial charge in [-0.05, 0) is 18.4 Å². The molecule has 0 fully saturated rings. The van der Waals surface area contributed by atoms with Gasteiger partial charge in [0.05, 0.1) is 6.07 Å². The van der Waals surface area contributed by atoms with Crippen molar-refractivity contribution in [3.05, 3.63) is 35.9 Å². The molecule has 0 heterocycles. The van der Waals surface area contributed by atoms with Gasteiger partial charge in [-0.25, -0.2) is 0 Å². The van der Waals surface area contributed by atoms with E-state index in [1.54, 1.807) is 0 Å². The first-order chi connectivity index (χ1) is 7.79. The Morgan fingerprint density at radius 1 is 1.19 bits per heavy atom. The third-order valence-corrected chi connectivity index (χ3v) is 3.49. The van der Waals surface area contributed by atoms with Gasteiger partial charge < -0.3 is 0 Å². The van der Waals surface area contributed by atoms with Gasteiger partial charge in [-0.1, -0.05) is 57.0 Å². The van der Waals surface area contributed by atoms with Crippen LogP contribution in [0.1, 0.15) is 51.5 Å². The molecule has 0 aliphatic heterocycles. The molecule has 0 saturated heterocycles. The molecule has 0 radical (unpaired) electrons. The van der Waals surface area contributed by atoms with Crippen molar-refractivity contribution in [2.45, 2.75) is 51.4 Å². The van der Waals surface area contributed by atoms with Crippen molar-refractivity contribution in [3.8, 4) is 6.07 Å². The molecule has 0 N–H and O–H groups in total. The third kappa shape index (κ3) is 2.85. The second kappa shape index (κ2) is 6.33. The highest BCUT2D eigenvalue weighted by Crippen LogP contribution is 2.36. The van der Waals surface area contributed by atoms with Gasteiger partial charge in [0.15, 0.2) is 0 Å². The molecule has 0 aliphatic carbocycles. The Kier molecular flexibility index (Phi) is 5.05. The van der Waals surface area contributed by atoms with E-state index in [1.165, 1.54) is 18.4 Å². The van der Waals surface area contributed by atoms with Crippen LogP contribution in [-0.4, -0.2) is 0 Å². The molecule has 0 aromatic heterocycles. The zero-order chi connectivity index (χ0) is 11.9. The molecular formula is C15H21N. The minimum atomic E-state index is 0.0754. The van der Waals surface area contributed by atoms with E-state index in [-0.39, 0.29) is 5.41 Å². The Morgan fingerprint density at radius 2 is 1.88 bits per heavy atom. The van der Waals surface area contributed by atoms with Crippen LogP contribution < -0.4 is 0 Å². The fraction of sp³-hybridized carbons (Fsp3) is 0.533. The molecule has 1 nitrogen and oxygen atoms in total. The summed E-state index contributed by atoms with van der Waals surface area (Å²) in [5.41, 5.74) is 1.40. The standard InChI is InChI=1S/C15H21N/c1-3-5-11-15(4-2,12-13-16)14-9-7-6-8-10-14/h6-10H,3-5,11-12H2,1-2H3. The van der Waals surface area contributed by atoms with Crippen molar-refractivity contribution in [2.75, 3.05) is 0 Å². The molecule has 0 saturated carbocycles. The van der Waals surface area contributed by atoms with Crippen LogP contribution in [0.5, 0.6) is 0 Å². The minimum Gasteiger partial charge on any atom is -0.198 e. The molecule has 1 rings (SSSR count). The van der Waals surface area contributed by atoms with Crippen LogP contribution in [0, 0.1) is 11.3 Å². The number of rotatable bonds is 6. The molecule has 86 valence electrons. The van der Waals surface area contributed by atoms with E-state index < -0.39 is 0 Å². The summed E-state index contributed by atoms with van der Waals surface area (Å²) in [5, 5.41) is 9.04. The maximum atomic E-state index is 9.04. The molecule has 1 aromatic rings. The second-order valence-electron chi connectivity index (χ2n) is 4.44. The average molecular weight is 215 g/mol. The number of unbranched alkanes of at least 4 members (excludes halogenated alkanes) is 1. The Bertz CT molecular complexity index is 336. The lowest BCUT2D eigenvalue weighted by Crippen LogP contribution is -2.24. The fourth-order valence-electron chi connectivity index (χ4n) is 2.30. The summed E-state index contributed by atoms with van der Waals surface area (Å²) < 4.78 is 0. The molecule has 0 aliphatic rings. The Labute approximate surface area is 99.1 Å². The summed E-state index contributed by atoms with van der Waals surface area (Å²) in [5.74, 6) is 0. The fourth-order valence-corrected chi connectivity index (χ4v) is 2.30. The maximum Gasteiger partial charge on any atom is 0.0631 e. The summed E-state index contributed by atoms with van der Waals surface area (Å²) in [7, 11) is 0. The number of nitrogens with zero attached hydrogens (tertiary/aromatic N) is 1. The topological polar surface area (TPSA) is 23.8 Å². The Balaban J connectivity index is 2.98. The largest absolute Gasteiger partial charge is 0.198 e. The van der Waals surface area contributed by atoms with Crippen LogP contribution in [0.3, 0.4) is 0 Å². The zero-order valence-corrected chi connectivity index (χ0v) is 10.4. The lowest BCUT2D eigenvalue weighted by molar-refractivity contribution is 0.373. The summed E-state index contributed by atoms with van der Waals surface area (Å²) in [4.78, 5) is 0. The SMILES string of the molecule is CCCCC(CC)(CC#N)c1ccccc1. The second-order valence-corrected chi connectivity index (χ2v) is 4.44. The first-order valence-corrected chi connectivity index (χ1v) is 6.21. The van der Waals surface area contributed by atoms with E-state index in [2.05, 4.69) is 44.2 Å². The van der Waals surface area contributed by atoms with Gasteiger partial charge in [0.25, 0.3) is 0 Å². The first-order valence-electron chi connectivity index (χ1n) is 6.21. The number of nitriles is 1. The summed E-state index contributed by atoms with van der Waals surface area (Å²) in [6.07, 6.45) is 5.19. The predicted molar refractivity (Wildman–Crippen MR) is 68.2 cm³/mol. The Morgan fingerprint density at radius 3 is 2.38 bits per heavy atom. The van der Waals surface area contributed by atoms with Crippen molar-refractivity contribution in [1.82, 2.24) is 0 Å². The predicted octanol–water partition coefficient (Wildman–Crippen LogP) is 4.44. The van der Waals surface area contributed by atoms with Gasteiger partial charge in [0.1, 0.15) is 0 Å². The highest BCUT2D eigenvalue weighted by atomic mass is 14.3. The summed E-state index contributed by atoms with van der Waals surface area (Å²) >= 11 is 0. The van der Waals surface area contributed by atoms with Gasteiger partial charge >= 0.3 is 0 Å². The van der Waals surface area contributed by atoms with Gasteiger partial charge in [0, 0.05) is 11.8 Å². The molecule has 1 heteroatoms. The van der Waals surface area contributed by atoms with E-state index in [0.717, 1.165) is 12.8 Å². The van der Waals surface area contributed by atoms with E-state index in [4.69, 9.17) is 5.26 Å². The molecule has 0 amide bonds. The van der Waals surface area contributed by atoms with Gasteiger partial charge in [-0.3, -0.25) is 0 Å². The lowest BCUT2D eigenvalue weighted by atomic mass is 9.72. The molecule has 1 aromatic carbocycles. The molecule has 1 unspecified atom stereocenters. The van der Waals surface area contributed by atoms with Crippen LogP contribution in [-0.2, 0) is 5.41 Å². The highest BCUT2D eigenvalue weighted by Gasteiger charge is 2.29. The van der Waals surface area contributed by atoms with Crippen molar-refractivity contribution in [2.24, 2.45) is 0 Å². The Hall–Kier alpha value is -1.29. The van der Waals surface area contributed by atoms with Gasteiger partial charge in [-0.2, -0.15) is 5.26 Å². The monoisotopic (exact) mass is 215 g/mol. The van der Waals surface area contributed by atoms with Crippen LogP contribution in [0.25, 0.3) is 0 Å². The number of hydrogen-bond donors (Lipinski definition) is 0. The normalized spacial score (nSPS) is 14.1. The van der Waals surface area contributed by atoms with E-state index in [1.807, 2.05) is 6.07 Å². The highest BCUT2D eigenvalue weighted by molar-refractivity contribution is 5.26. The van der Waals surface area contributed by atoms with Crippen LogP contribution in [0.4, 0.5) is 0 Å². The number of hydrogen-bond acceptors (Lipinski definition) is 1. The molecule has 1 atom stereocenters. The number of benzene rings is 1. The van der Waals surface area contributed by atoms with Crippen LogP contribution in [0.2, 0.25) is 0 Å². The van der Waals surface area contributed by atoms with Crippen LogP contribution >= 0.6 is 0 Å². The van der Waals surface area contributed by atoms with Crippen LogP contribution in [0.15, 0.2) is 30.3 Å². The zero-order valence-electron chi connectivity index (χ0n) is 10.4. The average Bonchev–Trinajstić information content (AvgIpc) is 2.36. The summed E-state index contributed by atoms with van der Waals surface area (Å²) in [6, 6.07) is 12.9. The van der Waals surface area contributed by atoms with Crippen molar-refractivity contribution >= 4 is 0 Å². The van der Waals surface area contributed by atoms with Crippen molar-refractivity contribution < 1.29 is 0 Å². The van der Waals surface area contributed by atoms with E-state index in [9.17, 15) is 0 Å². The third-order valence-electron chi connectivity index (χ3n) is 3.49. The lowest BCUT2D eigenvalue weighted by Gasteiger charge is -2.31. The smallest absolute Gasteiger partial charge is 0.0631 e. The molecular weight excluding hydrogens is 194 g/mol. The van der Waals surface area contributed by atoms with E-state index in [0.29, 0.717) is 6.42 Å². The minimum absolute atomic E-state index is 0.0754. The maximum absolute atomic E-state index is 9.04. The first kappa shape index (κ1) is 12.8. The van der Waals surface area contributed by atoms with Gasteiger partial charge in [0.2, 0.25) is 0 Å². The molecule has 0 spiro atoms. The van der Waals surface area contributed by atoms with E-state index >= 15 is 0 Å². The van der Waals surface area contributed by atoms with Crippen molar-refractivity contribution in [1.29, 1.82) is 5.26 Å². The molecule has 0 bridgehead atoms. The molecule has 16 heavy (non-hydrogen) atoms. The quantitative estimate of drug-likeness (QED) is 0.688.